The molecule has 0 bridgehead atoms. The first-order chi connectivity index (χ1) is 11.2. The SMILES string of the molecule is CCCCc1ccc(NC(=O)NCCc2ccccc2Cl)cc1. The highest BCUT2D eigenvalue weighted by atomic mass is 35.5. The van der Waals surface area contributed by atoms with Crippen molar-refractivity contribution in [2.24, 2.45) is 0 Å². The van der Waals surface area contributed by atoms with E-state index in [-0.39, 0.29) is 6.03 Å². The molecule has 0 atom stereocenters. The third-order valence-corrected chi connectivity index (χ3v) is 4.04. The van der Waals surface area contributed by atoms with Crippen LogP contribution in [-0.4, -0.2) is 12.6 Å². The molecule has 122 valence electrons. The molecule has 2 N–H and O–H groups in total. The molecule has 23 heavy (non-hydrogen) atoms. The minimum Gasteiger partial charge on any atom is -0.338 e. The number of rotatable bonds is 7. The zero-order valence-electron chi connectivity index (χ0n) is 13.4. The molecule has 2 aromatic rings. The smallest absolute Gasteiger partial charge is 0.319 e. The lowest BCUT2D eigenvalue weighted by Gasteiger charge is -2.09. The van der Waals surface area contributed by atoms with Gasteiger partial charge in [-0.3, -0.25) is 0 Å². The number of carbonyl (C=O) groups is 1. The first-order valence-corrected chi connectivity index (χ1v) is 8.44. The van der Waals surface area contributed by atoms with Crippen molar-refractivity contribution in [3.05, 3.63) is 64.7 Å². The highest BCUT2D eigenvalue weighted by molar-refractivity contribution is 6.31. The van der Waals surface area contributed by atoms with Gasteiger partial charge in [0.25, 0.3) is 0 Å². The van der Waals surface area contributed by atoms with E-state index in [1.165, 1.54) is 18.4 Å². The van der Waals surface area contributed by atoms with Crippen LogP contribution in [0.5, 0.6) is 0 Å². The Morgan fingerprint density at radius 2 is 1.78 bits per heavy atom. The second-order valence-corrected chi connectivity index (χ2v) is 5.93. The molecule has 2 amide bonds. The van der Waals surface area contributed by atoms with Gasteiger partial charge in [-0.05, 0) is 48.6 Å². The van der Waals surface area contributed by atoms with Gasteiger partial charge in [0, 0.05) is 17.3 Å². The summed E-state index contributed by atoms with van der Waals surface area (Å²) in [6, 6.07) is 15.5. The third kappa shape index (κ3) is 5.95. The molecule has 0 aliphatic heterocycles. The highest BCUT2D eigenvalue weighted by Crippen LogP contribution is 2.15. The van der Waals surface area contributed by atoms with E-state index in [1.54, 1.807) is 0 Å². The van der Waals surface area contributed by atoms with E-state index in [9.17, 15) is 4.79 Å². The Morgan fingerprint density at radius 1 is 1.04 bits per heavy atom. The number of amides is 2. The van der Waals surface area contributed by atoms with Crippen molar-refractivity contribution in [3.63, 3.8) is 0 Å². The van der Waals surface area contributed by atoms with Crippen LogP contribution in [0.4, 0.5) is 10.5 Å². The monoisotopic (exact) mass is 330 g/mol. The molecule has 0 unspecified atom stereocenters. The molecule has 0 aliphatic rings. The summed E-state index contributed by atoms with van der Waals surface area (Å²) < 4.78 is 0. The maximum Gasteiger partial charge on any atom is 0.319 e. The zero-order chi connectivity index (χ0) is 16.5. The number of nitrogens with one attached hydrogen (secondary N) is 2. The number of hydrogen-bond donors (Lipinski definition) is 2. The lowest BCUT2D eigenvalue weighted by molar-refractivity contribution is 0.252. The van der Waals surface area contributed by atoms with Crippen LogP contribution in [0.25, 0.3) is 0 Å². The van der Waals surface area contributed by atoms with Crippen molar-refractivity contribution < 1.29 is 4.79 Å². The second kappa shape index (κ2) is 9.21. The lowest BCUT2D eigenvalue weighted by atomic mass is 10.1. The van der Waals surface area contributed by atoms with E-state index in [0.717, 1.165) is 22.7 Å². The van der Waals surface area contributed by atoms with Gasteiger partial charge in [-0.25, -0.2) is 4.79 Å². The normalized spacial score (nSPS) is 10.3. The van der Waals surface area contributed by atoms with Crippen LogP contribution in [0.1, 0.15) is 30.9 Å². The van der Waals surface area contributed by atoms with E-state index >= 15 is 0 Å². The molecule has 3 nitrogen and oxygen atoms in total. The first-order valence-electron chi connectivity index (χ1n) is 8.06. The van der Waals surface area contributed by atoms with Gasteiger partial charge >= 0.3 is 6.03 Å². The van der Waals surface area contributed by atoms with Crippen molar-refractivity contribution in [3.8, 4) is 0 Å². The summed E-state index contributed by atoms with van der Waals surface area (Å²) in [4.78, 5) is 11.9. The van der Waals surface area contributed by atoms with Gasteiger partial charge in [-0.15, -0.1) is 0 Å². The van der Waals surface area contributed by atoms with Crippen LogP contribution >= 0.6 is 11.6 Å². The summed E-state index contributed by atoms with van der Waals surface area (Å²) >= 11 is 6.09. The highest BCUT2D eigenvalue weighted by Gasteiger charge is 2.03. The molecule has 0 aliphatic carbocycles. The fraction of sp³-hybridized carbons (Fsp3) is 0.316. The van der Waals surface area contributed by atoms with E-state index < -0.39 is 0 Å². The predicted octanol–water partition coefficient (Wildman–Crippen LogP) is 5.05. The number of carbonyl (C=O) groups excluding carboxylic acids is 1. The van der Waals surface area contributed by atoms with Crippen molar-refractivity contribution in [1.29, 1.82) is 0 Å². The summed E-state index contributed by atoms with van der Waals surface area (Å²) in [6.45, 7) is 2.73. The molecule has 4 heteroatoms. The Kier molecular flexibility index (Phi) is 6.95. The first kappa shape index (κ1) is 17.4. The van der Waals surface area contributed by atoms with Crippen LogP contribution in [0.3, 0.4) is 0 Å². The Balaban J connectivity index is 1.75. The Morgan fingerprint density at radius 3 is 2.48 bits per heavy atom. The fourth-order valence-electron chi connectivity index (χ4n) is 2.32. The van der Waals surface area contributed by atoms with Crippen molar-refractivity contribution in [2.75, 3.05) is 11.9 Å². The maximum absolute atomic E-state index is 11.9. The van der Waals surface area contributed by atoms with Gasteiger partial charge in [-0.2, -0.15) is 0 Å². The van der Waals surface area contributed by atoms with E-state index in [0.29, 0.717) is 13.0 Å². The fourth-order valence-corrected chi connectivity index (χ4v) is 2.55. The number of hydrogen-bond acceptors (Lipinski definition) is 1. The quantitative estimate of drug-likeness (QED) is 0.733. The molecular weight excluding hydrogens is 308 g/mol. The van der Waals surface area contributed by atoms with Crippen molar-refractivity contribution in [2.45, 2.75) is 32.6 Å². The summed E-state index contributed by atoms with van der Waals surface area (Å²) in [7, 11) is 0. The molecular formula is C19H23ClN2O. The summed E-state index contributed by atoms with van der Waals surface area (Å²) in [5.41, 5.74) is 3.15. The molecule has 0 saturated heterocycles. The number of aryl methyl sites for hydroxylation is 1. The molecule has 0 radical (unpaired) electrons. The number of unbranched alkanes of at least 4 members (excludes halogenated alkanes) is 1. The second-order valence-electron chi connectivity index (χ2n) is 5.52. The molecule has 0 fully saturated rings. The number of urea groups is 1. The van der Waals surface area contributed by atoms with Crippen LogP contribution in [-0.2, 0) is 12.8 Å². The number of halogens is 1. The zero-order valence-corrected chi connectivity index (χ0v) is 14.2. The minimum atomic E-state index is -0.196. The summed E-state index contributed by atoms with van der Waals surface area (Å²) in [5.74, 6) is 0. The van der Waals surface area contributed by atoms with Gasteiger partial charge < -0.3 is 10.6 Å². The topological polar surface area (TPSA) is 41.1 Å². The van der Waals surface area contributed by atoms with Crippen LogP contribution in [0.2, 0.25) is 5.02 Å². The Labute approximate surface area is 143 Å². The number of benzene rings is 2. The Bertz CT molecular complexity index is 626. The van der Waals surface area contributed by atoms with E-state index in [1.807, 2.05) is 36.4 Å². The van der Waals surface area contributed by atoms with E-state index in [4.69, 9.17) is 11.6 Å². The van der Waals surface area contributed by atoms with Crippen LogP contribution in [0, 0.1) is 0 Å². The minimum absolute atomic E-state index is 0.196. The van der Waals surface area contributed by atoms with Gasteiger partial charge in [0.15, 0.2) is 0 Å². The standard InChI is InChI=1S/C19H23ClN2O/c1-2-3-6-15-9-11-17(12-10-15)22-19(23)21-14-13-16-7-4-5-8-18(16)20/h4-5,7-12H,2-3,6,13-14H2,1H3,(H2,21,22,23). The van der Waals surface area contributed by atoms with Crippen LogP contribution < -0.4 is 10.6 Å². The maximum atomic E-state index is 11.9. The predicted molar refractivity (Wildman–Crippen MR) is 97.2 cm³/mol. The largest absolute Gasteiger partial charge is 0.338 e. The molecule has 0 aromatic heterocycles. The molecule has 2 rings (SSSR count). The molecule has 2 aromatic carbocycles. The number of anilines is 1. The third-order valence-electron chi connectivity index (χ3n) is 3.67. The average molecular weight is 331 g/mol. The lowest BCUT2D eigenvalue weighted by Crippen LogP contribution is -2.30. The van der Waals surface area contributed by atoms with Crippen molar-refractivity contribution in [1.82, 2.24) is 5.32 Å². The van der Waals surface area contributed by atoms with Gasteiger partial charge in [0.1, 0.15) is 0 Å². The van der Waals surface area contributed by atoms with Gasteiger partial charge in [-0.1, -0.05) is 55.3 Å². The summed E-state index contributed by atoms with van der Waals surface area (Å²) in [6.07, 6.45) is 4.17. The van der Waals surface area contributed by atoms with Gasteiger partial charge in [0.05, 0.1) is 0 Å². The Hall–Kier alpha value is -2.00. The molecule has 0 heterocycles. The summed E-state index contributed by atoms with van der Waals surface area (Å²) in [5, 5.41) is 6.42. The van der Waals surface area contributed by atoms with Crippen LogP contribution in [0.15, 0.2) is 48.5 Å². The molecule has 0 spiro atoms. The molecule has 0 saturated carbocycles. The van der Waals surface area contributed by atoms with Gasteiger partial charge in [0.2, 0.25) is 0 Å². The van der Waals surface area contributed by atoms with E-state index in [2.05, 4.69) is 29.7 Å². The van der Waals surface area contributed by atoms with Crippen molar-refractivity contribution >= 4 is 23.3 Å². The average Bonchev–Trinajstić information content (AvgIpc) is 2.56.